The molecule has 116 valence electrons. The van der Waals surface area contributed by atoms with Crippen LogP contribution in [-0.2, 0) is 20.7 Å². The summed E-state index contributed by atoms with van der Waals surface area (Å²) in [4.78, 5) is 22.6. The van der Waals surface area contributed by atoms with Gasteiger partial charge in [-0.25, -0.2) is 4.79 Å². The Kier molecular flexibility index (Phi) is 7.20. The van der Waals surface area contributed by atoms with Gasteiger partial charge in [-0.1, -0.05) is 12.1 Å². The molecule has 0 unspecified atom stereocenters. The number of anilines is 1. The van der Waals surface area contributed by atoms with E-state index in [1.807, 2.05) is 24.3 Å². The standard InChI is InChI=1S/C16H19N3O3/c1-3-22-16(21)13(10-17)11-19-14-7-4-12(5-8-14)6-9-15(20)18-2/h4-5,7-8,11,19H,3,6,9H2,1-2H3,(H,18,20)/b13-11-. The van der Waals surface area contributed by atoms with Crippen LogP contribution in [-0.4, -0.2) is 25.5 Å². The van der Waals surface area contributed by atoms with E-state index in [1.54, 1.807) is 20.0 Å². The first kappa shape index (κ1) is 17.2. The van der Waals surface area contributed by atoms with E-state index < -0.39 is 5.97 Å². The molecule has 0 spiro atoms. The summed E-state index contributed by atoms with van der Waals surface area (Å²) in [5.41, 5.74) is 1.68. The Morgan fingerprint density at radius 1 is 1.32 bits per heavy atom. The van der Waals surface area contributed by atoms with Gasteiger partial charge in [0.2, 0.25) is 5.91 Å². The lowest BCUT2D eigenvalue weighted by Crippen LogP contribution is -2.17. The second-order valence-corrected chi connectivity index (χ2v) is 4.40. The van der Waals surface area contributed by atoms with Gasteiger partial charge in [0.1, 0.15) is 6.07 Å². The van der Waals surface area contributed by atoms with Crippen molar-refractivity contribution in [3.63, 3.8) is 0 Å². The van der Waals surface area contributed by atoms with Crippen LogP contribution in [0.3, 0.4) is 0 Å². The highest BCUT2D eigenvalue weighted by Crippen LogP contribution is 2.12. The molecule has 0 aromatic heterocycles. The van der Waals surface area contributed by atoms with Crippen LogP contribution in [0.4, 0.5) is 5.69 Å². The first-order chi connectivity index (χ1) is 10.6. The third kappa shape index (κ3) is 5.67. The van der Waals surface area contributed by atoms with Gasteiger partial charge < -0.3 is 15.4 Å². The van der Waals surface area contributed by atoms with E-state index in [1.165, 1.54) is 6.20 Å². The number of rotatable bonds is 7. The van der Waals surface area contributed by atoms with Crippen molar-refractivity contribution in [1.82, 2.24) is 5.32 Å². The lowest BCUT2D eigenvalue weighted by molar-refractivity contribution is -0.138. The van der Waals surface area contributed by atoms with Gasteiger partial charge in [0.05, 0.1) is 6.61 Å². The molecule has 0 aliphatic carbocycles. The fourth-order valence-electron chi connectivity index (χ4n) is 1.65. The van der Waals surface area contributed by atoms with Crippen molar-refractivity contribution >= 4 is 17.6 Å². The smallest absolute Gasteiger partial charge is 0.350 e. The zero-order valence-corrected chi connectivity index (χ0v) is 12.7. The minimum Gasteiger partial charge on any atom is -0.462 e. The van der Waals surface area contributed by atoms with E-state index in [9.17, 15) is 9.59 Å². The maximum atomic E-state index is 11.4. The van der Waals surface area contributed by atoms with Gasteiger partial charge >= 0.3 is 5.97 Å². The van der Waals surface area contributed by atoms with Crippen molar-refractivity contribution in [2.75, 3.05) is 19.0 Å². The molecule has 1 aromatic rings. The van der Waals surface area contributed by atoms with Crippen LogP contribution in [0.2, 0.25) is 0 Å². The Balaban J connectivity index is 2.62. The molecule has 0 saturated heterocycles. The maximum absolute atomic E-state index is 11.4. The zero-order chi connectivity index (χ0) is 16.4. The molecule has 1 amide bonds. The molecule has 0 saturated carbocycles. The highest BCUT2D eigenvalue weighted by molar-refractivity contribution is 5.93. The molecule has 0 aliphatic heterocycles. The molecule has 6 heteroatoms. The highest BCUT2D eigenvalue weighted by atomic mass is 16.5. The monoisotopic (exact) mass is 301 g/mol. The molecule has 0 atom stereocenters. The quantitative estimate of drug-likeness (QED) is 0.455. The summed E-state index contributed by atoms with van der Waals surface area (Å²) in [5.74, 6) is -0.655. The number of hydrogen-bond donors (Lipinski definition) is 2. The second kappa shape index (κ2) is 9.19. The van der Waals surface area contributed by atoms with E-state index in [0.717, 1.165) is 11.3 Å². The molecule has 0 bridgehead atoms. The number of benzene rings is 1. The predicted molar refractivity (Wildman–Crippen MR) is 82.8 cm³/mol. The summed E-state index contributed by atoms with van der Waals surface area (Å²) in [7, 11) is 1.61. The van der Waals surface area contributed by atoms with Crippen LogP contribution >= 0.6 is 0 Å². The average Bonchev–Trinajstić information content (AvgIpc) is 2.54. The van der Waals surface area contributed by atoms with Crippen LogP contribution in [0, 0.1) is 11.3 Å². The van der Waals surface area contributed by atoms with E-state index in [2.05, 4.69) is 10.6 Å². The molecule has 6 nitrogen and oxygen atoms in total. The SMILES string of the molecule is CCOC(=O)/C(C#N)=C\Nc1ccc(CCC(=O)NC)cc1. The van der Waals surface area contributed by atoms with Gasteiger partial charge in [0.25, 0.3) is 0 Å². The predicted octanol–water partition coefficient (Wildman–Crippen LogP) is 1.75. The number of nitrogens with zero attached hydrogens (tertiary/aromatic N) is 1. The summed E-state index contributed by atoms with van der Waals surface area (Å²) in [6, 6.07) is 9.19. The first-order valence-electron chi connectivity index (χ1n) is 6.94. The molecular formula is C16H19N3O3. The van der Waals surface area contributed by atoms with Crippen LogP contribution < -0.4 is 10.6 Å². The van der Waals surface area contributed by atoms with Crippen molar-refractivity contribution in [2.24, 2.45) is 0 Å². The van der Waals surface area contributed by atoms with Gasteiger partial charge in [0, 0.05) is 25.4 Å². The van der Waals surface area contributed by atoms with Crippen molar-refractivity contribution in [2.45, 2.75) is 19.8 Å². The molecule has 0 fully saturated rings. The third-order valence-electron chi connectivity index (χ3n) is 2.87. The van der Waals surface area contributed by atoms with E-state index in [-0.39, 0.29) is 18.1 Å². The Morgan fingerprint density at radius 3 is 2.55 bits per heavy atom. The Bertz CT molecular complexity index is 586. The van der Waals surface area contributed by atoms with Gasteiger partial charge in [-0.2, -0.15) is 5.26 Å². The maximum Gasteiger partial charge on any atom is 0.350 e. The summed E-state index contributed by atoms with van der Waals surface area (Å²) in [5, 5.41) is 14.3. The van der Waals surface area contributed by atoms with Gasteiger partial charge in [-0.3, -0.25) is 4.79 Å². The minimum absolute atomic E-state index is 0.00164. The number of esters is 1. The number of carbonyl (C=O) groups excluding carboxylic acids is 2. The fourth-order valence-corrected chi connectivity index (χ4v) is 1.65. The lowest BCUT2D eigenvalue weighted by Gasteiger charge is -2.05. The Labute approximate surface area is 129 Å². The van der Waals surface area contributed by atoms with Crippen LogP contribution in [0.1, 0.15) is 18.9 Å². The molecule has 1 aromatic carbocycles. The number of nitrogens with one attached hydrogen (secondary N) is 2. The molecule has 22 heavy (non-hydrogen) atoms. The summed E-state index contributed by atoms with van der Waals surface area (Å²) < 4.78 is 4.76. The topological polar surface area (TPSA) is 91.2 Å². The number of aryl methyl sites for hydroxylation is 1. The van der Waals surface area contributed by atoms with Crippen molar-refractivity contribution < 1.29 is 14.3 Å². The highest BCUT2D eigenvalue weighted by Gasteiger charge is 2.09. The van der Waals surface area contributed by atoms with Crippen LogP contribution in [0.25, 0.3) is 0 Å². The molecule has 0 radical (unpaired) electrons. The number of carbonyl (C=O) groups is 2. The van der Waals surface area contributed by atoms with Gasteiger partial charge in [-0.15, -0.1) is 0 Å². The molecule has 0 heterocycles. The Hall–Kier alpha value is -2.81. The summed E-state index contributed by atoms with van der Waals surface area (Å²) in [6.45, 7) is 1.90. The minimum atomic E-state index is -0.653. The van der Waals surface area contributed by atoms with E-state index >= 15 is 0 Å². The first-order valence-corrected chi connectivity index (χ1v) is 6.94. The second-order valence-electron chi connectivity index (χ2n) is 4.40. The number of hydrogen-bond acceptors (Lipinski definition) is 5. The molecule has 1 rings (SSSR count). The van der Waals surface area contributed by atoms with Gasteiger partial charge in [0.15, 0.2) is 5.57 Å². The third-order valence-corrected chi connectivity index (χ3v) is 2.87. The van der Waals surface area contributed by atoms with Gasteiger partial charge in [-0.05, 0) is 31.0 Å². The van der Waals surface area contributed by atoms with Crippen molar-refractivity contribution in [1.29, 1.82) is 5.26 Å². The Morgan fingerprint density at radius 2 is 2.00 bits per heavy atom. The number of amides is 1. The molecular weight excluding hydrogens is 282 g/mol. The van der Waals surface area contributed by atoms with Crippen molar-refractivity contribution in [3.05, 3.63) is 41.6 Å². The largest absolute Gasteiger partial charge is 0.462 e. The average molecular weight is 301 g/mol. The molecule has 2 N–H and O–H groups in total. The van der Waals surface area contributed by atoms with Crippen LogP contribution in [0.15, 0.2) is 36.0 Å². The summed E-state index contributed by atoms with van der Waals surface area (Å²) >= 11 is 0. The van der Waals surface area contributed by atoms with E-state index in [4.69, 9.17) is 10.00 Å². The van der Waals surface area contributed by atoms with Crippen LogP contribution in [0.5, 0.6) is 0 Å². The normalized spacial score (nSPS) is 10.5. The lowest BCUT2D eigenvalue weighted by atomic mass is 10.1. The number of nitriles is 1. The number of ether oxygens (including phenoxy) is 1. The summed E-state index contributed by atoms with van der Waals surface area (Å²) in [6.07, 6.45) is 2.41. The van der Waals surface area contributed by atoms with E-state index in [0.29, 0.717) is 12.8 Å². The van der Waals surface area contributed by atoms with Crippen molar-refractivity contribution in [3.8, 4) is 6.07 Å². The zero-order valence-electron chi connectivity index (χ0n) is 12.7. The fraction of sp³-hybridized carbons (Fsp3) is 0.312. The molecule has 0 aliphatic rings.